The Morgan fingerprint density at radius 2 is 1.67 bits per heavy atom. The molecule has 0 aliphatic carbocycles. The van der Waals surface area contributed by atoms with E-state index in [0.29, 0.717) is 4.90 Å². The third-order valence-corrected chi connectivity index (χ3v) is 6.05. The number of rotatable bonds is 2. The average molecular weight is 267 g/mol. The number of hydrogen-bond acceptors (Lipinski definition) is 2. The summed E-state index contributed by atoms with van der Waals surface area (Å²) < 4.78 is 27.2. The molecule has 1 aliphatic heterocycles. The first-order chi connectivity index (χ1) is 8.44. The van der Waals surface area contributed by atoms with Crippen molar-refractivity contribution in [3.05, 3.63) is 29.8 Å². The summed E-state index contributed by atoms with van der Waals surface area (Å²) in [6.07, 6.45) is 3.02. The summed E-state index contributed by atoms with van der Waals surface area (Å²) in [6, 6.07) is 7.42. The minimum Gasteiger partial charge on any atom is -0.207 e. The van der Waals surface area contributed by atoms with E-state index in [9.17, 15) is 8.42 Å². The molecule has 2 atom stereocenters. The van der Waals surface area contributed by atoms with E-state index in [2.05, 4.69) is 0 Å². The zero-order valence-corrected chi connectivity index (χ0v) is 12.1. The molecule has 1 heterocycles. The minimum atomic E-state index is -3.36. The highest BCUT2D eigenvalue weighted by molar-refractivity contribution is 7.89. The van der Waals surface area contributed by atoms with Crippen LogP contribution < -0.4 is 0 Å². The fraction of sp³-hybridized carbons (Fsp3) is 0.571. The lowest BCUT2D eigenvalue weighted by Gasteiger charge is -2.37. The Morgan fingerprint density at radius 1 is 1.11 bits per heavy atom. The predicted molar refractivity (Wildman–Crippen MR) is 73.0 cm³/mol. The number of nitrogens with zero attached hydrogens (tertiary/aromatic N) is 1. The van der Waals surface area contributed by atoms with Crippen LogP contribution in [0.5, 0.6) is 0 Å². The van der Waals surface area contributed by atoms with Gasteiger partial charge in [0, 0.05) is 12.1 Å². The number of aryl methyl sites for hydroxylation is 1. The molecule has 1 aliphatic rings. The second-order valence-electron chi connectivity index (χ2n) is 5.23. The Kier molecular flexibility index (Phi) is 3.78. The molecule has 100 valence electrons. The summed E-state index contributed by atoms with van der Waals surface area (Å²) in [5.74, 6) is 0. The van der Waals surface area contributed by atoms with Crippen LogP contribution in [0.4, 0.5) is 0 Å². The highest BCUT2D eigenvalue weighted by Crippen LogP contribution is 2.30. The van der Waals surface area contributed by atoms with E-state index in [1.165, 1.54) is 0 Å². The Bertz CT molecular complexity index is 514. The van der Waals surface area contributed by atoms with E-state index in [0.717, 1.165) is 24.8 Å². The van der Waals surface area contributed by atoms with Gasteiger partial charge in [0.2, 0.25) is 10.0 Å². The molecular weight excluding hydrogens is 246 g/mol. The van der Waals surface area contributed by atoms with Crippen molar-refractivity contribution in [1.82, 2.24) is 4.31 Å². The van der Waals surface area contributed by atoms with E-state index in [4.69, 9.17) is 0 Å². The van der Waals surface area contributed by atoms with Crippen molar-refractivity contribution in [3.63, 3.8) is 0 Å². The van der Waals surface area contributed by atoms with Gasteiger partial charge >= 0.3 is 0 Å². The number of hydrogen-bond donors (Lipinski definition) is 0. The van der Waals surface area contributed by atoms with E-state index in [-0.39, 0.29) is 12.1 Å². The Labute approximate surface area is 110 Å². The summed E-state index contributed by atoms with van der Waals surface area (Å²) in [6.45, 7) is 5.86. The van der Waals surface area contributed by atoms with Gasteiger partial charge in [0.25, 0.3) is 0 Å². The molecule has 1 aromatic carbocycles. The molecule has 0 amide bonds. The number of sulfonamides is 1. The lowest BCUT2D eigenvalue weighted by Crippen LogP contribution is -2.47. The van der Waals surface area contributed by atoms with Crippen molar-refractivity contribution in [2.24, 2.45) is 0 Å². The molecule has 0 bridgehead atoms. The topological polar surface area (TPSA) is 37.4 Å². The van der Waals surface area contributed by atoms with E-state index in [1.54, 1.807) is 16.4 Å². The molecule has 0 saturated carbocycles. The third kappa shape index (κ3) is 2.31. The summed E-state index contributed by atoms with van der Waals surface area (Å²) in [5, 5.41) is 0. The van der Waals surface area contributed by atoms with Crippen molar-refractivity contribution < 1.29 is 8.42 Å². The van der Waals surface area contributed by atoms with Crippen molar-refractivity contribution in [2.45, 2.75) is 57.0 Å². The third-order valence-electron chi connectivity index (χ3n) is 3.76. The summed E-state index contributed by atoms with van der Waals surface area (Å²) in [5.41, 5.74) is 0.822. The number of benzene rings is 1. The zero-order chi connectivity index (χ0) is 13.3. The van der Waals surface area contributed by atoms with Crippen molar-refractivity contribution in [1.29, 1.82) is 0 Å². The zero-order valence-electron chi connectivity index (χ0n) is 11.3. The van der Waals surface area contributed by atoms with Gasteiger partial charge in [0.15, 0.2) is 0 Å². The molecule has 0 radical (unpaired) electrons. The highest BCUT2D eigenvalue weighted by Gasteiger charge is 2.36. The van der Waals surface area contributed by atoms with Crippen LogP contribution in [-0.2, 0) is 10.0 Å². The maximum atomic E-state index is 12.8. The van der Waals surface area contributed by atoms with Gasteiger partial charge in [-0.25, -0.2) is 8.42 Å². The molecule has 18 heavy (non-hydrogen) atoms. The maximum absolute atomic E-state index is 12.8. The standard InChI is InChI=1S/C14H21NO2S/c1-11-7-4-5-10-14(11)18(16,17)15-12(2)8-6-9-13(15)3/h4-5,7,10,12-13H,6,8-9H2,1-3H3/t12-,13+. The van der Waals surface area contributed by atoms with Gasteiger partial charge in [-0.3, -0.25) is 0 Å². The molecule has 1 saturated heterocycles. The first kappa shape index (κ1) is 13.6. The van der Waals surface area contributed by atoms with Gasteiger partial charge in [-0.2, -0.15) is 4.31 Å². The molecule has 0 spiro atoms. The van der Waals surface area contributed by atoms with Crippen LogP contribution in [0.3, 0.4) is 0 Å². The largest absolute Gasteiger partial charge is 0.243 e. The Hall–Kier alpha value is -0.870. The minimum absolute atomic E-state index is 0.0957. The SMILES string of the molecule is Cc1ccccc1S(=O)(=O)N1[C@H](C)CCC[C@@H]1C. The van der Waals surface area contributed by atoms with Crippen molar-refractivity contribution in [2.75, 3.05) is 0 Å². The van der Waals surface area contributed by atoms with Crippen LogP contribution in [0.25, 0.3) is 0 Å². The predicted octanol–water partition coefficient (Wildman–Crippen LogP) is 2.95. The Balaban J connectivity index is 2.45. The fourth-order valence-electron chi connectivity index (χ4n) is 2.83. The second kappa shape index (κ2) is 5.02. The van der Waals surface area contributed by atoms with Crippen LogP contribution in [0.1, 0.15) is 38.7 Å². The van der Waals surface area contributed by atoms with Gasteiger partial charge in [-0.05, 0) is 45.2 Å². The fourth-order valence-corrected chi connectivity index (χ4v) is 4.94. The average Bonchev–Trinajstić information content (AvgIpc) is 2.28. The highest BCUT2D eigenvalue weighted by atomic mass is 32.2. The van der Waals surface area contributed by atoms with E-state index in [1.807, 2.05) is 32.9 Å². The molecule has 0 unspecified atom stereocenters. The van der Waals surface area contributed by atoms with Crippen LogP contribution in [-0.4, -0.2) is 24.8 Å². The van der Waals surface area contributed by atoms with Crippen LogP contribution in [0.2, 0.25) is 0 Å². The monoisotopic (exact) mass is 267 g/mol. The maximum Gasteiger partial charge on any atom is 0.243 e. The Morgan fingerprint density at radius 3 is 2.22 bits per heavy atom. The van der Waals surface area contributed by atoms with Crippen LogP contribution >= 0.6 is 0 Å². The number of piperidine rings is 1. The molecule has 1 fully saturated rings. The van der Waals surface area contributed by atoms with E-state index >= 15 is 0 Å². The summed E-state index contributed by atoms with van der Waals surface area (Å²) in [4.78, 5) is 0.450. The molecule has 2 rings (SSSR count). The first-order valence-electron chi connectivity index (χ1n) is 6.53. The summed E-state index contributed by atoms with van der Waals surface area (Å²) >= 11 is 0. The van der Waals surface area contributed by atoms with E-state index < -0.39 is 10.0 Å². The van der Waals surface area contributed by atoms with Crippen LogP contribution in [0, 0.1) is 6.92 Å². The smallest absolute Gasteiger partial charge is 0.207 e. The van der Waals surface area contributed by atoms with Gasteiger partial charge < -0.3 is 0 Å². The van der Waals surface area contributed by atoms with Gasteiger partial charge in [0.1, 0.15) is 0 Å². The van der Waals surface area contributed by atoms with Gasteiger partial charge in [0.05, 0.1) is 4.90 Å². The molecule has 3 nitrogen and oxygen atoms in total. The molecule has 0 aromatic heterocycles. The normalized spacial score (nSPS) is 26.2. The molecule has 0 N–H and O–H groups in total. The lowest BCUT2D eigenvalue weighted by atomic mass is 10.0. The first-order valence-corrected chi connectivity index (χ1v) is 7.98. The molecule has 4 heteroatoms. The molecular formula is C14H21NO2S. The van der Waals surface area contributed by atoms with Crippen molar-refractivity contribution >= 4 is 10.0 Å². The quantitative estimate of drug-likeness (QED) is 0.826. The lowest BCUT2D eigenvalue weighted by molar-refractivity contribution is 0.204. The van der Waals surface area contributed by atoms with Crippen LogP contribution in [0.15, 0.2) is 29.2 Å². The van der Waals surface area contributed by atoms with Crippen molar-refractivity contribution in [3.8, 4) is 0 Å². The van der Waals surface area contributed by atoms with Gasteiger partial charge in [-0.15, -0.1) is 0 Å². The summed E-state index contributed by atoms with van der Waals surface area (Å²) in [7, 11) is -3.36. The second-order valence-corrected chi connectivity index (χ2v) is 7.04. The molecule has 1 aromatic rings. The van der Waals surface area contributed by atoms with Gasteiger partial charge in [-0.1, -0.05) is 24.6 Å².